The molecule has 30 heavy (non-hydrogen) atoms. The minimum atomic E-state index is -1.32. The number of piperidine rings is 1. The zero-order chi connectivity index (χ0) is 21.0. The Hall–Kier alpha value is -2.64. The summed E-state index contributed by atoms with van der Waals surface area (Å²) in [6, 6.07) is 7.06. The van der Waals surface area contributed by atoms with Gasteiger partial charge in [0.1, 0.15) is 5.70 Å². The second-order valence-corrected chi connectivity index (χ2v) is 8.67. The summed E-state index contributed by atoms with van der Waals surface area (Å²) >= 11 is 0. The highest BCUT2D eigenvalue weighted by molar-refractivity contribution is 6.17. The van der Waals surface area contributed by atoms with Crippen molar-refractivity contribution in [2.24, 2.45) is 5.41 Å². The third-order valence-corrected chi connectivity index (χ3v) is 7.27. The van der Waals surface area contributed by atoms with Crippen LogP contribution in [-0.4, -0.2) is 57.3 Å². The maximum atomic E-state index is 13.3. The lowest BCUT2D eigenvalue weighted by molar-refractivity contribution is -0.142. The van der Waals surface area contributed by atoms with Crippen LogP contribution in [0.25, 0.3) is 16.6 Å². The molecule has 3 aliphatic heterocycles. The SMILES string of the molecule is CC[C@@]12C=C(C(=O)N[C@@H](CO)C(=O)O)n3c4c(c5ccccc53)CCN(CCC1)[C@H]42. The number of carboxylic acid groups (broad SMARTS) is 1. The summed E-state index contributed by atoms with van der Waals surface area (Å²) in [5.41, 5.74) is 3.81. The zero-order valence-electron chi connectivity index (χ0n) is 17.1. The summed E-state index contributed by atoms with van der Waals surface area (Å²) in [5.74, 6) is -1.69. The molecule has 7 nitrogen and oxygen atoms in total. The molecule has 158 valence electrons. The molecule has 0 unspecified atom stereocenters. The number of amides is 1. The fourth-order valence-electron chi connectivity index (χ4n) is 5.86. The molecule has 5 rings (SSSR count). The van der Waals surface area contributed by atoms with Crippen LogP contribution in [0.15, 0.2) is 30.3 Å². The smallest absolute Gasteiger partial charge is 0.328 e. The van der Waals surface area contributed by atoms with Crippen molar-refractivity contribution in [3.63, 3.8) is 0 Å². The van der Waals surface area contributed by atoms with Gasteiger partial charge in [-0.15, -0.1) is 0 Å². The van der Waals surface area contributed by atoms with Gasteiger partial charge in [0, 0.05) is 23.0 Å². The number of rotatable bonds is 5. The summed E-state index contributed by atoms with van der Waals surface area (Å²) in [6.45, 7) is 3.62. The van der Waals surface area contributed by atoms with Gasteiger partial charge in [0.25, 0.3) is 5.91 Å². The monoisotopic (exact) mass is 409 g/mol. The van der Waals surface area contributed by atoms with Crippen LogP contribution >= 0.6 is 0 Å². The summed E-state index contributed by atoms with van der Waals surface area (Å²) < 4.78 is 2.05. The van der Waals surface area contributed by atoms with Crippen LogP contribution in [0.1, 0.15) is 43.5 Å². The van der Waals surface area contributed by atoms with E-state index in [4.69, 9.17) is 0 Å². The number of nitrogens with one attached hydrogen (secondary N) is 1. The number of hydrogen-bond acceptors (Lipinski definition) is 4. The molecule has 3 N–H and O–H groups in total. The van der Waals surface area contributed by atoms with Gasteiger partial charge >= 0.3 is 5.97 Å². The normalized spacial score (nSPS) is 26.1. The van der Waals surface area contributed by atoms with E-state index in [1.54, 1.807) is 0 Å². The van der Waals surface area contributed by atoms with Gasteiger partial charge in [0.2, 0.25) is 0 Å². The molecule has 7 heteroatoms. The number of carbonyl (C=O) groups is 2. The molecule has 0 aliphatic carbocycles. The van der Waals surface area contributed by atoms with Crippen molar-refractivity contribution in [1.82, 2.24) is 14.8 Å². The molecule has 0 bridgehead atoms. The highest BCUT2D eigenvalue weighted by Crippen LogP contribution is 2.56. The Morgan fingerprint density at radius 2 is 2.10 bits per heavy atom. The molecule has 1 aromatic carbocycles. The largest absolute Gasteiger partial charge is 0.480 e. The Morgan fingerprint density at radius 3 is 2.83 bits per heavy atom. The van der Waals surface area contributed by atoms with E-state index in [1.807, 2.05) is 22.8 Å². The molecule has 1 amide bonds. The van der Waals surface area contributed by atoms with Crippen molar-refractivity contribution >= 4 is 28.5 Å². The maximum absolute atomic E-state index is 13.3. The quantitative estimate of drug-likeness (QED) is 0.703. The average Bonchev–Trinajstić information content (AvgIpc) is 3.10. The van der Waals surface area contributed by atoms with E-state index in [9.17, 15) is 19.8 Å². The summed E-state index contributed by atoms with van der Waals surface area (Å²) in [7, 11) is 0. The van der Waals surface area contributed by atoms with E-state index in [0.717, 1.165) is 44.3 Å². The van der Waals surface area contributed by atoms with Gasteiger partial charge in [-0.25, -0.2) is 4.79 Å². The number of aliphatic hydroxyl groups excluding tert-OH is 1. The summed E-state index contributed by atoms with van der Waals surface area (Å²) in [4.78, 5) is 27.3. The van der Waals surface area contributed by atoms with E-state index in [-0.39, 0.29) is 11.5 Å². The number of carboxylic acids is 1. The van der Waals surface area contributed by atoms with Crippen LogP contribution in [0.3, 0.4) is 0 Å². The zero-order valence-corrected chi connectivity index (χ0v) is 17.1. The lowest BCUT2D eigenvalue weighted by Crippen LogP contribution is -2.52. The second-order valence-electron chi connectivity index (χ2n) is 8.67. The lowest BCUT2D eigenvalue weighted by Gasteiger charge is -2.53. The topological polar surface area (TPSA) is 94.8 Å². The van der Waals surface area contributed by atoms with Crippen LogP contribution in [0.5, 0.6) is 0 Å². The summed E-state index contributed by atoms with van der Waals surface area (Å²) in [5, 5.41) is 22.4. The molecule has 2 aromatic rings. The van der Waals surface area contributed by atoms with E-state index in [2.05, 4.69) is 29.3 Å². The van der Waals surface area contributed by atoms with E-state index >= 15 is 0 Å². The first-order valence-corrected chi connectivity index (χ1v) is 10.7. The maximum Gasteiger partial charge on any atom is 0.328 e. The van der Waals surface area contributed by atoms with Crippen LogP contribution in [-0.2, 0) is 16.0 Å². The molecule has 1 aromatic heterocycles. The highest BCUT2D eigenvalue weighted by atomic mass is 16.4. The second kappa shape index (κ2) is 6.96. The Morgan fingerprint density at radius 1 is 1.30 bits per heavy atom. The van der Waals surface area contributed by atoms with Gasteiger partial charge in [-0.3, -0.25) is 9.69 Å². The first-order valence-electron chi connectivity index (χ1n) is 10.7. The molecular formula is C23H27N3O4. The standard InChI is InChI=1S/C23H27N3O4/c1-2-23-9-5-10-25-11-8-15-14-6-3-4-7-17(14)26(19(15)20(23)25)18(12-23)21(28)24-16(13-27)22(29)30/h3-4,6-7,12,16,20,27H,2,5,8-11,13H2,1H3,(H,24,28)(H,29,30)/t16-,20+,23-/m0/s1. The van der Waals surface area contributed by atoms with Crippen LogP contribution in [0.4, 0.5) is 0 Å². The van der Waals surface area contributed by atoms with Crippen LogP contribution in [0, 0.1) is 5.41 Å². The minimum Gasteiger partial charge on any atom is -0.480 e. The van der Waals surface area contributed by atoms with E-state index in [0.29, 0.717) is 5.70 Å². The number of hydrogen-bond donors (Lipinski definition) is 3. The van der Waals surface area contributed by atoms with Gasteiger partial charge in [-0.2, -0.15) is 0 Å². The van der Waals surface area contributed by atoms with Crippen molar-refractivity contribution < 1.29 is 19.8 Å². The number of aliphatic hydroxyl groups is 1. The fraction of sp³-hybridized carbons (Fsp3) is 0.478. The molecule has 3 atom stereocenters. The van der Waals surface area contributed by atoms with Gasteiger partial charge in [-0.05, 0) is 49.9 Å². The highest BCUT2D eigenvalue weighted by Gasteiger charge is 2.51. The number of fused-ring (bicyclic) bond motifs is 3. The van der Waals surface area contributed by atoms with Crippen molar-refractivity contribution in [2.45, 2.75) is 44.7 Å². The van der Waals surface area contributed by atoms with Crippen LogP contribution in [0.2, 0.25) is 0 Å². The minimum absolute atomic E-state index is 0.150. The fourth-order valence-corrected chi connectivity index (χ4v) is 5.86. The number of nitrogens with zero attached hydrogens (tertiary/aromatic N) is 2. The predicted octanol–water partition coefficient (Wildman–Crippen LogP) is 2.15. The number of aromatic nitrogens is 1. The number of benzene rings is 1. The molecule has 0 saturated carbocycles. The molecule has 1 fully saturated rings. The van der Waals surface area contributed by atoms with Crippen molar-refractivity contribution in [2.75, 3.05) is 19.7 Å². The Balaban J connectivity index is 1.73. The number of aliphatic carboxylic acids is 1. The van der Waals surface area contributed by atoms with Gasteiger partial charge in [-0.1, -0.05) is 25.1 Å². The lowest BCUT2D eigenvalue weighted by atomic mass is 9.66. The van der Waals surface area contributed by atoms with E-state index in [1.165, 1.54) is 16.6 Å². The molecule has 0 spiro atoms. The average molecular weight is 409 g/mol. The third-order valence-electron chi connectivity index (χ3n) is 7.27. The number of carbonyl (C=O) groups excluding carboxylic acids is 1. The van der Waals surface area contributed by atoms with Crippen molar-refractivity contribution in [3.8, 4) is 0 Å². The third kappa shape index (κ3) is 2.58. The first-order chi connectivity index (χ1) is 14.5. The molecule has 4 heterocycles. The van der Waals surface area contributed by atoms with Crippen molar-refractivity contribution in [1.29, 1.82) is 0 Å². The van der Waals surface area contributed by atoms with Crippen molar-refractivity contribution in [3.05, 3.63) is 41.6 Å². The molecular weight excluding hydrogens is 382 g/mol. The summed E-state index contributed by atoms with van der Waals surface area (Å²) in [6.07, 6.45) is 6.03. The molecule has 1 saturated heterocycles. The number of para-hydroxylation sites is 1. The van der Waals surface area contributed by atoms with Crippen LogP contribution < -0.4 is 5.32 Å². The van der Waals surface area contributed by atoms with Gasteiger partial charge in [0.15, 0.2) is 6.04 Å². The van der Waals surface area contributed by atoms with Gasteiger partial charge < -0.3 is 20.1 Å². The Kier molecular flexibility index (Phi) is 4.48. The predicted molar refractivity (Wildman–Crippen MR) is 113 cm³/mol. The van der Waals surface area contributed by atoms with Gasteiger partial charge in [0.05, 0.1) is 18.2 Å². The van der Waals surface area contributed by atoms with E-state index < -0.39 is 24.5 Å². The molecule has 3 aliphatic rings. The molecule has 0 radical (unpaired) electrons. The first kappa shape index (κ1) is 19.3. The Bertz CT molecular complexity index is 1070. The Labute approximate surface area is 175 Å².